The lowest BCUT2D eigenvalue weighted by molar-refractivity contribution is 0.328. The summed E-state index contributed by atoms with van der Waals surface area (Å²) < 4.78 is 5.00. The van der Waals surface area contributed by atoms with E-state index in [0.717, 1.165) is 30.1 Å². The van der Waals surface area contributed by atoms with Gasteiger partial charge < -0.3 is 4.43 Å². The summed E-state index contributed by atoms with van der Waals surface area (Å²) in [5.74, 6) is 0. The van der Waals surface area contributed by atoms with Crippen molar-refractivity contribution in [3.8, 4) is 0 Å². The van der Waals surface area contributed by atoms with Gasteiger partial charge in [-0.15, -0.1) is 0 Å². The van der Waals surface area contributed by atoms with Gasteiger partial charge in [-0.1, -0.05) is 0 Å². The fourth-order valence-electron chi connectivity index (χ4n) is 0.525. The second-order valence-corrected chi connectivity index (χ2v) is 2.73. The number of hydrogen-bond donors (Lipinski definition) is 0. The molecule has 49 valence electrons. The standard InChI is InChI=1S/C5H15NOSi/c1-6(2)4-3-5-7-8/h3-5H2,1-2,8H3/q+1. The molecule has 0 amide bonds. The molecule has 0 atom stereocenters. The number of nitrogens with zero attached hydrogens (tertiary/aromatic N) is 1. The molecule has 1 radical (unpaired) electrons. The topological polar surface area (TPSA) is 15.1 Å². The first-order valence-electron chi connectivity index (χ1n) is 2.91. The number of rotatable bonds is 4. The van der Waals surface area contributed by atoms with Gasteiger partial charge in [0, 0.05) is 13.0 Å². The molecule has 0 aromatic heterocycles. The molecular weight excluding hydrogens is 118 g/mol. The Hall–Kier alpha value is 0.137. The molecule has 0 aliphatic carbocycles. The third-order valence-corrected chi connectivity index (χ3v) is 1.36. The Morgan fingerprint density at radius 2 is 2.12 bits per heavy atom. The minimum absolute atomic E-state index is 0.881. The highest BCUT2D eigenvalue weighted by Crippen LogP contribution is 1.78. The monoisotopic (exact) mass is 133 g/mol. The van der Waals surface area contributed by atoms with Gasteiger partial charge in [0.05, 0.1) is 0 Å². The first-order chi connectivity index (χ1) is 3.77. The Balaban J connectivity index is 2.72. The third kappa shape index (κ3) is 6.14. The van der Waals surface area contributed by atoms with Crippen molar-refractivity contribution in [2.75, 3.05) is 27.2 Å². The van der Waals surface area contributed by atoms with E-state index >= 15 is 0 Å². The van der Waals surface area contributed by atoms with Crippen LogP contribution in [0.3, 0.4) is 0 Å². The van der Waals surface area contributed by atoms with Crippen LogP contribution >= 0.6 is 0 Å². The third-order valence-electron chi connectivity index (χ3n) is 0.954. The SMILES string of the molecule is C[N+](C)CCCO[SiH3]. The molecule has 8 heavy (non-hydrogen) atoms. The second kappa shape index (κ2) is 5.28. The maximum atomic E-state index is 5.00. The molecule has 0 saturated carbocycles. The van der Waals surface area contributed by atoms with Gasteiger partial charge in [0.1, 0.15) is 31.1 Å². The summed E-state index contributed by atoms with van der Waals surface area (Å²) in [6.07, 6.45) is 1.16. The van der Waals surface area contributed by atoms with Gasteiger partial charge in [-0.2, -0.15) is 4.90 Å². The summed E-state index contributed by atoms with van der Waals surface area (Å²) in [5.41, 5.74) is 0. The van der Waals surface area contributed by atoms with Crippen LogP contribution in [-0.4, -0.2) is 37.7 Å². The minimum atomic E-state index is 0.881. The van der Waals surface area contributed by atoms with Crippen molar-refractivity contribution in [1.82, 2.24) is 4.90 Å². The van der Waals surface area contributed by atoms with E-state index in [1.165, 1.54) is 0 Å². The van der Waals surface area contributed by atoms with E-state index in [2.05, 4.69) is 19.0 Å². The van der Waals surface area contributed by atoms with E-state index in [9.17, 15) is 0 Å². The van der Waals surface area contributed by atoms with Gasteiger partial charge in [-0.25, -0.2) is 0 Å². The van der Waals surface area contributed by atoms with Crippen LogP contribution in [0.1, 0.15) is 6.42 Å². The lowest BCUT2D eigenvalue weighted by Crippen LogP contribution is -2.20. The Morgan fingerprint density at radius 1 is 1.50 bits per heavy atom. The highest BCUT2D eigenvalue weighted by Gasteiger charge is 1.95. The first-order valence-corrected chi connectivity index (χ1v) is 3.72. The molecule has 2 nitrogen and oxygen atoms in total. The summed E-state index contributed by atoms with van der Waals surface area (Å²) >= 11 is 0. The maximum Gasteiger partial charge on any atom is 0.145 e. The highest BCUT2D eigenvalue weighted by atomic mass is 28.2. The predicted molar refractivity (Wildman–Crippen MR) is 39.4 cm³/mol. The van der Waals surface area contributed by atoms with Crippen LogP contribution < -0.4 is 4.90 Å². The van der Waals surface area contributed by atoms with Gasteiger partial charge >= 0.3 is 0 Å². The fraction of sp³-hybridized carbons (Fsp3) is 1.00. The normalized spacial score (nSPS) is 10.9. The van der Waals surface area contributed by atoms with Crippen LogP contribution in [0.2, 0.25) is 0 Å². The zero-order chi connectivity index (χ0) is 6.41. The molecule has 0 spiro atoms. The molecule has 0 unspecified atom stereocenters. The molecule has 0 aliphatic heterocycles. The quantitative estimate of drug-likeness (QED) is 0.275. The van der Waals surface area contributed by atoms with Crippen molar-refractivity contribution >= 4 is 10.5 Å². The van der Waals surface area contributed by atoms with Crippen molar-refractivity contribution in [1.29, 1.82) is 0 Å². The zero-order valence-electron chi connectivity index (χ0n) is 5.98. The van der Waals surface area contributed by atoms with E-state index in [1.807, 2.05) is 0 Å². The highest BCUT2D eigenvalue weighted by molar-refractivity contribution is 5.97. The summed E-state index contributed by atoms with van der Waals surface area (Å²) in [7, 11) is 5.03. The lowest BCUT2D eigenvalue weighted by atomic mass is 10.4. The summed E-state index contributed by atoms with van der Waals surface area (Å²) in [5, 5.41) is 0. The van der Waals surface area contributed by atoms with E-state index in [4.69, 9.17) is 4.43 Å². The van der Waals surface area contributed by atoms with E-state index in [-0.39, 0.29) is 0 Å². The maximum absolute atomic E-state index is 5.00. The van der Waals surface area contributed by atoms with Crippen molar-refractivity contribution in [2.24, 2.45) is 0 Å². The molecule has 0 N–H and O–H groups in total. The van der Waals surface area contributed by atoms with Crippen LogP contribution in [0.5, 0.6) is 0 Å². The molecule has 0 saturated heterocycles. The second-order valence-electron chi connectivity index (χ2n) is 2.15. The van der Waals surface area contributed by atoms with Crippen molar-refractivity contribution in [3.63, 3.8) is 0 Å². The molecule has 0 aromatic rings. The molecule has 0 bridgehead atoms. The average molecular weight is 133 g/mol. The van der Waals surface area contributed by atoms with E-state index in [1.54, 1.807) is 0 Å². The van der Waals surface area contributed by atoms with Gasteiger partial charge in [-0.3, -0.25) is 0 Å². The summed E-state index contributed by atoms with van der Waals surface area (Å²) in [6.45, 7) is 2.08. The van der Waals surface area contributed by atoms with E-state index < -0.39 is 0 Å². The number of hydrogen-bond acceptors (Lipinski definition) is 2. The van der Waals surface area contributed by atoms with Crippen LogP contribution in [0.15, 0.2) is 0 Å². The van der Waals surface area contributed by atoms with Gasteiger partial charge in [-0.05, 0) is 0 Å². The smallest absolute Gasteiger partial charge is 0.145 e. The van der Waals surface area contributed by atoms with Gasteiger partial charge in [0.25, 0.3) is 0 Å². The minimum Gasteiger partial charge on any atom is -0.428 e. The average Bonchev–Trinajstić information content (AvgIpc) is 1.66. The summed E-state index contributed by atoms with van der Waals surface area (Å²) in [6, 6.07) is 0. The van der Waals surface area contributed by atoms with Crippen LogP contribution in [0.4, 0.5) is 0 Å². The predicted octanol–water partition coefficient (Wildman–Crippen LogP) is -0.927. The molecule has 0 heterocycles. The van der Waals surface area contributed by atoms with Crippen LogP contribution in [0, 0.1) is 0 Å². The Morgan fingerprint density at radius 3 is 2.50 bits per heavy atom. The lowest BCUT2D eigenvalue weighted by Gasteiger charge is -1.98. The largest absolute Gasteiger partial charge is 0.428 e. The molecule has 0 rings (SSSR count). The van der Waals surface area contributed by atoms with Crippen LogP contribution in [-0.2, 0) is 4.43 Å². The molecular formula is C5H15NOSi+. The Labute approximate surface area is 54.4 Å². The molecule has 3 heteroatoms. The molecule has 0 aromatic carbocycles. The summed E-state index contributed by atoms with van der Waals surface area (Å²) in [4.78, 5) is 2.17. The van der Waals surface area contributed by atoms with Crippen molar-refractivity contribution in [3.05, 3.63) is 0 Å². The Bertz CT molecular complexity index is 49.7. The molecule has 0 fully saturated rings. The van der Waals surface area contributed by atoms with Gasteiger partial charge in [0.15, 0.2) is 0 Å². The molecule has 0 aliphatic rings. The van der Waals surface area contributed by atoms with Gasteiger partial charge in [0.2, 0.25) is 0 Å². The fourth-order valence-corrected chi connectivity index (χ4v) is 0.814. The van der Waals surface area contributed by atoms with E-state index in [0.29, 0.717) is 0 Å². The Kier molecular flexibility index (Phi) is 5.37. The van der Waals surface area contributed by atoms with Crippen molar-refractivity contribution in [2.45, 2.75) is 6.42 Å². The van der Waals surface area contributed by atoms with Crippen molar-refractivity contribution < 1.29 is 4.43 Å². The first kappa shape index (κ1) is 8.14. The zero-order valence-corrected chi connectivity index (χ0v) is 7.98. The van der Waals surface area contributed by atoms with Crippen LogP contribution in [0.25, 0.3) is 0 Å².